The van der Waals surface area contributed by atoms with Crippen LogP contribution in [0, 0.1) is 3.57 Å². The zero-order chi connectivity index (χ0) is 18.7. The van der Waals surface area contributed by atoms with Crippen molar-refractivity contribution in [1.82, 2.24) is 4.57 Å². The second kappa shape index (κ2) is 6.08. The quantitative estimate of drug-likeness (QED) is 0.172. The minimum atomic E-state index is 1.20. The van der Waals surface area contributed by atoms with E-state index in [0.717, 1.165) is 0 Å². The molecular formula is C26H16IN. The zero-order valence-corrected chi connectivity index (χ0v) is 17.2. The van der Waals surface area contributed by atoms with E-state index in [2.05, 4.69) is 124 Å². The standard InChI is InChI=1S/C26H16IN/c27-19-11-13-20(14-12-19)28-25-8-4-3-7-22(25)24-16-23-18(15-26(24)28)10-9-17-5-1-2-6-21(17)23/h1-16H. The first-order valence-corrected chi connectivity index (χ1v) is 10.5. The lowest BCUT2D eigenvalue weighted by molar-refractivity contribution is 1.18. The summed E-state index contributed by atoms with van der Waals surface area (Å²) < 4.78 is 3.63. The molecule has 132 valence electrons. The van der Waals surface area contributed by atoms with E-state index in [4.69, 9.17) is 0 Å². The van der Waals surface area contributed by atoms with E-state index in [9.17, 15) is 0 Å². The molecule has 1 aromatic heterocycles. The molecule has 0 unspecified atom stereocenters. The Hall–Kier alpha value is -2.85. The van der Waals surface area contributed by atoms with E-state index in [1.54, 1.807) is 0 Å². The van der Waals surface area contributed by atoms with Gasteiger partial charge in [0.25, 0.3) is 0 Å². The number of rotatable bonds is 1. The van der Waals surface area contributed by atoms with Gasteiger partial charge in [0.05, 0.1) is 11.0 Å². The molecule has 1 heterocycles. The number of hydrogen-bond donors (Lipinski definition) is 0. The summed E-state index contributed by atoms with van der Waals surface area (Å²) in [6, 6.07) is 35.3. The van der Waals surface area contributed by atoms with Gasteiger partial charge in [0.15, 0.2) is 0 Å². The van der Waals surface area contributed by atoms with Crippen LogP contribution >= 0.6 is 22.6 Å². The molecule has 0 aliphatic carbocycles. The van der Waals surface area contributed by atoms with Gasteiger partial charge in [-0.2, -0.15) is 0 Å². The molecule has 0 N–H and O–H groups in total. The second-order valence-corrected chi connectivity index (χ2v) is 8.45. The molecule has 0 spiro atoms. The molecule has 5 aromatic carbocycles. The Morgan fingerprint density at radius 1 is 0.500 bits per heavy atom. The third-order valence-electron chi connectivity index (χ3n) is 5.62. The molecule has 0 atom stereocenters. The van der Waals surface area contributed by atoms with Crippen molar-refractivity contribution in [2.45, 2.75) is 0 Å². The van der Waals surface area contributed by atoms with Gasteiger partial charge in [-0.05, 0) is 86.6 Å². The molecule has 0 saturated heterocycles. The molecule has 2 heteroatoms. The Bertz CT molecular complexity index is 1510. The molecule has 0 amide bonds. The van der Waals surface area contributed by atoms with Crippen molar-refractivity contribution in [2.75, 3.05) is 0 Å². The molecule has 0 radical (unpaired) electrons. The summed E-state index contributed by atoms with van der Waals surface area (Å²) in [4.78, 5) is 0. The maximum Gasteiger partial charge on any atom is 0.0547 e. The van der Waals surface area contributed by atoms with Crippen LogP contribution in [0.15, 0.2) is 97.1 Å². The number of aromatic nitrogens is 1. The maximum absolute atomic E-state index is 2.38. The topological polar surface area (TPSA) is 4.93 Å². The van der Waals surface area contributed by atoms with Crippen LogP contribution in [0.3, 0.4) is 0 Å². The summed E-state index contributed by atoms with van der Waals surface area (Å²) in [6.07, 6.45) is 0. The van der Waals surface area contributed by atoms with Gasteiger partial charge in [0, 0.05) is 20.0 Å². The summed E-state index contributed by atoms with van der Waals surface area (Å²) in [7, 11) is 0. The lowest BCUT2D eigenvalue weighted by Gasteiger charge is -2.09. The summed E-state index contributed by atoms with van der Waals surface area (Å²) in [5.74, 6) is 0. The molecule has 1 nitrogen and oxygen atoms in total. The molecule has 0 fully saturated rings. The van der Waals surface area contributed by atoms with E-state index >= 15 is 0 Å². The number of hydrogen-bond acceptors (Lipinski definition) is 0. The van der Waals surface area contributed by atoms with Crippen molar-refractivity contribution in [2.24, 2.45) is 0 Å². The second-order valence-electron chi connectivity index (χ2n) is 7.21. The highest BCUT2D eigenvalue weighted by molar-refractivity contribution is 14.1. The number of halogens is 1. The molecule has 6 rings (SSSR count). The first kappa shape index (κ1) is 16.1. The average molecular weight is 469 g/mol. The Morgan fingerprint density at radius 3 is 2.07 bits per heavy atom. The summed E-state index contributed by atoms with van der Waals surface area (Å²) in [5, 5.41) is 7.80. The van der Waals surface area contributed by atoms with Crippen molar-refractivity contribution in [3.8, 4) is 5.69 Å². The highest BCUT2D eigenvalue weighted by Crippen LogP contribution is 2.36. The van der Waals surface area contributed by atoms with Gasteiger partial charge in [-0.1, -0.05) is 54.6 Å². The SMILES string of the molecule is Ic1ccc(-n2c3ccccc3c3cc4c(ccc5ccccc54)cc32)cc1. The van der Waals surface area contributed by atoms with Gasteiger partial charge < -0.3 is 4.57 Å². The fraction of sp³-hybridized carbons (Fsp3) is 0. The molecule has 0 saturated carbocycles. The van der Waals surface area contributed by atoms with Crippen molar-refractivity contribution in [3.63, 3.8) is 0 Å². The van der Waals surface area contributed by atoms with Crippen LogP contribution in [0.1, 0.15) is 0 Å². The van der Waals surface area contributed by atoms with E-state index < -0.39 is 0 Å². The van der Waals surface area contributed by atoms with Crippen molar-refractivity contribution in [1.29, 1.82) is 0 Å². The Kier molecular flexibility index (Phi) is 3.50. The monoisotopic (exact) mass is 469 g/mol. The minimum Gasteiger partial charge on any atom is -0.309 e. The van der Waals surface area contributed by atoms with Crippen LogP contribution in [0.2, 0.25) is 0 Å². The molecule has 0 bridgehead atoms. The number of benzene rings is 5. The Labute approximate surface area is 176 Å². The number of para-hydroxylation sites is 1. The summed E-state index contributed by atoms with van der Waals surface area (Å²) in [5.41, 5.74) is 3.70. The van der Waals surface area contributed by atoms with Crippen molar-refractivity contribution in [3.05, 3.63) is 101 Å². The lowest BCUT2D eigenvalue weighted by Crippen LogP contribution is -1.93. The van der Waals surface area contributed by atoms with Crippen LogP contribution in [0.5, 0.6) is 0 Å². The van der Waals surface area contributed by atoms with Crippen molar-refractivity contribution >= 4 is 65.9 Å². The van der Waals surface area contributed by atoms with E-state index in [-0.39, 0.29) is 0 Å². The molecule has 28 heavy (non-hydrogen) atoms. The van der Waals surface area contributed by atoms with Crippen molar-refractivity contribution < 1.29 is 0 Å². The predicted octanol–water partition coefficient (Wildman–Crippen LogP) is 7.69. The maximum atomic E-state index is 2.38. The van der Waals surface area contributed by atoms with Crippen LogP contribution in [0.25, 0.3) is 49.0 Å². The van der Waals surface area contributed by atoms with Gasteiger partial charge in [-0.25, -0.2) is 0 Å². The van der Waals surface area contributed by atoms with Crippen LogP contribution in [-0.4, -0.2) is 4.57 Å². The van der Waals surface area contributed by atoms with E-state index in [1.807, 2.05) is 0 Å². The highest BCUT2D eigenvalue weighted by atomic mass is 127. The molecule has 6 aromatic rings. The predicted molar refractivity (Wildman–Crippen MR) is 129 cm³/mol. The summed E-state index contributed by atoms with van der Waals surface area (Å²) >= 11 is 2.36. The molecule has 0 aliphatic heterocycles. The Morgan fingerprint density at radius 2 is 1.21 bits per heavy atom. The summed E-state index contributed by atoms with van der Waals surface area (Å²) in [6.45, 7) is 0. The molecular weight excluding hydrogens is 453 g/mol. The first-order valence-electron chi connectivity index (χ1n) is 9.40. The number of nitrogens with zero attached hydrogens (tertiary/aromatic N) is 1. The fourth-order valence-electron chi connectivity index (χ4n) is 4.34. The van der Waals surface area contributed by atoms with Crippen LogP contribution in [0.4, 0.5) is 0 Å². The van der Waals surface area contributed by atoms with Crippen LogP contribution in [-0.2, 0) is 0 Å². The number of fused-ring (bicyclic) bond motifs is 6. The normalized spacial score (nSPS) is 11.8. The minimum absolute atomic E-state index is 1.20. The first-order chi connectivity index (χ1) is 13.8. The largest absolute Gasteiger partial charge is 0.309 e. The van der Waals surface area contributed by atoms with E-state index in [1.165, 1.54) is 52.6 Å². The smallest absolute Gasteiger partial charge is 0.0547 e. The van der Waals surface area contributed by atoms with Gasteiger partial charge in [0.2, 0.25) is 0 Å². The van der Waals surface area contributed by atoms with Gasteiger partial charge >= 0.3 is 0 Å². The molecule has 0 aliphatic rings. The average Bonchev–Trinajstić information content (AvgIpc) is 3.06. The van der Waals surface area contributed by atoms with Gasteiger partial charge in [-0.3, -0.25) is 0 Å². The third-order valence-corrected chi connectivity index (χ3v) is 6.34. The van der Waals surface area contributed by atoms with Gasteiger partial charge in [-0.15, -0.1) is 0 Å². The zero-order valence-electron chi connectivity index (χ0n) is 15.1. The third kappa shape index (κ3) is 2.31. The Balaban J connectivity index is 1.81. The highest BCUT2D eigenvalue weighted by Gasteiger charge is 2.13. The van der Waals surface area contributed by atoms with E-state index in [0.29, 0.717) is 0 Å². The van der Waals surface area contributed by atoms with Crippen LogP contribution < -0.4 is 0 Å². The lowest BCUT2D eigenvalue weighted by atomic mass is 10.00. The van der Waals surface area contributed by atoms with Gasteiger partial charge in [0.1, 0.15) is 0 Å². The fourth-order valence-corrected chi connectivity index (χ4v) is 4.70.